The van der Waals surface area contributed by atoms with Gasteiger partial charge in [-0.1, -0.05) is 17.7 Å². The predicted octanol–water partition coefficient (Wildman–Crippen LogP) is 3.02. The SMILES string of the molecule is O=C1C=C(CC2C=CCC2)CCC1. The number of hydrogen-bond donors (Lipinski definition) is 0. The zero-order chi connectivity index (χ0) is 9.10. The van der Waals surface area contributed by atoms with E-state index in [-0.39, 0.29) is 0 Å². The number of allylic oxidation sites excluding steroid dienone is 4. The molecule has 0 aromatic heterocycles. The van der Waals surface area contributed by atoms with E-state index in [0.29, 0.717) is 5.78 Å². The smallest absolute Gasteiger partial charge is 0.155 e. The van der Waals surface area contributed by atoms with Gasteiger partial charge in [-0.15, -0.1) is 0 Å². The molecule has 1 unspecified atom stereocenters. The molecule has 0 radical (unpaired) electrons. The lowest BCUT2D eigenvalue weighted by atomic mass is 9.90. The third kappa shape index (κ3) is 2.30. The molecular weight excluding hydrogens is 160 g/mol. The van der Waals surface area contributed by atoms with Gasteiger partial charge in [-0.2, -0.15) is 0 Å². The monoisotopic (exact) mass is 176 g/mol. The zero-order valence-electron chi connectivity index (χ0n) is 7.96. The van der Waals surface area contributed by atoms with E-state index in [1.54, 1.807) is 0 Å². The molecule has 2 rings (SSSR count). The molecule has 0 aliphatic heterocycles. The van der Waals surface area contributed by atoms with Gasteiger partial charge in [-0.05, 0) is 44.1 Å². The number of rotatable bonds is 2. The molecule has 70 valence electrons. The summed E-state index contributed by atoms with van der Waals surface area (Å²) in [6.07, 6.45) is 13.1. The molecule has 2 aliphatic carbocycles. The number of ketones is 1. The molecule has 0 aromatic rings. The van der Waals surface area contributed by atoms with Crippen LogP contribution in [0.15, 0.2) is 23.8 Å². The van der Waals surface area contributed by atoms with Crippen molar-refractivity contribution in [3.05, 3.63) is 23.8 Å². The Kier molecular flexibility index (Phi) is 2.62. The quantitative estimate of drug-likeness (QED) is 0.591. The van der Waals surface area contributed by atoms with Crippen LogP contribution in [0.1, 0.15) is 38.5 Å². The van der Waals surface area contributed by atoms with E-state index in [1.165, 1.54) is 18.4 Å². The van der Waals surface area contributed by atoms with Crippen molar-refractivity contribution < 1.29 is 4.79 Å². The summed E-state index contributed by atoms with van der Waals surface area (Å²) in [7, 11) is 0. The lowest BCUT2D eigenvalue weighted by Gasteiger charge is -2.14. The molecule has 0 heterocycles. The molecule has 0 spiro atoms. The molecule has 0 N–H and O–H groups in total. The Morgan fingerprint density at radius 2 is 2.31 bits per heavy atom. The molecule has 1 atom stereocenters. The van der Waals surface area contributed by atoms with Crippen molar-refractivity contribution in [3.63, 3.8) is 0 Å². The van der Waals surface area contributed by atoms with E-state index in [2.05, 4.69) is 12.2 Å². The van der Waals surface area contributed by atoms with Crippen LogP contribution in [0.25, 0.3) is 0 Å². The summed E-state index contributed by atoms with van der Waals surface area (Å²) in [6.45, 7) is 0. The van der Waals surface area contributed by atoms with Crippen LogP contribution in [0, 0.1) is 5.92 Å². The fraction of sp³-hybridized carbons (Fsp3) is 0.583. The Hall–Kier alpha value is -0.850. The van der Waals surface area contributed by atoms with E-state index < -0.39 is 0 Å². The third-order valence-corrected chi connectivity index (χ3v) is 2.92. The Balaban J connectivity index is 1.93. The standard InChI is InChI=1S/C12H16O/c13-12-7-3-6-11(9-12)8-10-4-1-2-5-10/h1,4,9-10H,2-3,5-8H2. The second kappa shape index (κ2) is 3.91. The Labute approximate surface area is 79.5 Å². The first-order valence-electron chi connectivity index (χ1n) is 5.23. The summed E-state index contributed by atoms with van der Waals surface area (Å²) in [4.78, 5) is 11.2. The van der Waals surface area contributed by atoms with E-state index in [4.69, 9.17) is 0 Å². The number of hydrogen-bond acceptors (Lipinski definition) is 1. The second-order valence-electron chi connectivity index (χ2n) is 4.09. The largest absolute Gasteiger partial charge is 0.295 e. The maximum Gasteiger partial charge on any atom is 0.155 e. The molecule has 1 nitrogen and oxygen atoms in total. The van der Waals surface area contributed by atoms with Crippen molar-refractivity contribution in [2.45, 2.75) is 38.5 Å². The molecule has 0 saturated carbocycles. The fourth-order valence-electron chi connectivity index (χ4n) is 2.22. The van der Waals surface area contributed by atoms with Gasteiger partial charge in [-0.25, -0.2) is 0 Å². The van der Waals surface area contributed by atoms with Crippen molar-refractivity contribution in [1.29, 1.82) is 0 Å². The van der Waals surface area contributed by atoms with Crippen LogP contribution in [0.4, 0.5) is 0 Å². The van der Waals surface area contributed by atoms with Crippen molar-refractivity contribution in [1.82, 2.24) is 0 Å². The summed E-state index contributed by atoms with van der Waals surface area (Å²) in [5, 5.41) is 0. The molecule has 0 bridgehead atoms. The van der Waals surface area contributed by atoms with Crippen LogP contribution in [0.3, 0.4) is 0 Å². The van der Waals surface area contributed by atoms with Gasteiger partial charge in [-0.3, -0.25) is 4.79 Å². The van der Waals surface area contributed by atoms with Crippen LogP contribution < -0.4 is 0 Å². The molecule has 1 heteroatoms. The molecule has 0 saturated heterocycles. The van der Waals surface area contributed by atoms with Gasteiger partial charge in [0.25, 0.3) is 0 Å². The summed E-state index contributed by atoms with van der Waals surface area (Å²) < 4.78 is 0. The van der Waals surface area contributed by atoms with Gasteiger partial charge in [0.2, 0.25) is 0 Å². The highest BCUT2D eigenvalue weighted by molar-refractivity contribution is 5.91. The van der Waals surface area contributed by atoms with Crippen molar-refractivity contribution in [3.8, 4) is 0 Å². The molecule has 13 heavy (non-hydrogen) atoms. The van der Waals surface area contributed by atoms with Crippen LogP contribution in [0.5, 0.6) is 0 Å². The van der Waals surface area contributed by atoms with Crippen LogP contribution in [-0.2, 0) is 4.79 Å². The van der Waals surface area contributed by atoms with E-state index in [9.17, 15) is 4.79 Å². The zero-order valence-corrected chi connectivity index (χ0v) is 7.96. The van der Waals surface area contributed by atoms with Crippen molar-refractivity contribution in [2.75, 3.05) is 0 Å². The Bertz CT molecular complexity index is 260. The number of carbonyl (C=O) groups excluding carboxylic acids is 1. The molecule has 0 amide bonds. The average Bonchev–Trinajstić information content (AvgIpc) is 2.57. The van der Waals surface area contributed by atoms with E-state index >= 15 is 0 Å². The number of carbonyl (C=O) groups is 1. The summed E-state index contributed by atoms with van der Waals surface area (Å²) in [5.41, 5.74) is 1.38. The van der Waals surface area contributed by atoms with Crippen LogP contribution in [0.2, 0.25) is 0 Å². The molecule has 0 fully saturated rings. The average molecular weight is 176 g/mol. The normalized spacial score (nSPS) is 27.8. The maximum absolute atomic E-state index is 11.2. The topological polar surface area (TPSA) is 17.1 Å². The maximum atomic E-state index is 11.2. The van der Waals surface area contributed by atoms with Gasteiger partial charge in [0.05, 0.1) is 0 Å². The third-order valence-electron chi connectivity index (χ3n) is 2.92. The lowest BCUT2D eigenvalue weighted by molar-refractivity contribution is -0.115. The van der Waals surface area contributed by atoms with Crippen molar-refractivity contribution >= 4 is 5.78 Å². The van der Waals surface area contributed by atoms with Gasteiger partial charge >= 0.3 is 0 Å². The van der Waals surface area contributed by atoms with Crippen LogP contribution in [-0.4, -0.2) is 5.78 Å². The minimum Gasteiger partial charge on any atom is -0.295 e. The van der Waals surface area contributed by atoms with Crippen LogP contribution >= 0.6 is 0 Å². The Morgan fingerprint density at radius 3 is 3.00 bits per heavy atom. The van der Waals surface area contributed by atoms with Gasteiger partial charge in [0.15, 0.2) is 5.78 Å². The van der Waals surface area contributed by atoms with E-state index in [1.807, 2.05) is 6.08 Å². The summed E-state index contributed by atoms with van der Waals surface area (Å²) in [6, 6.07) is 0. The van der Waals surface area contributed by atoms with Gasteiger partial charge in [0, 0.05) is 6.42 Å². The fourth-order valence-corrected chi connectivity index (χ4v) is 2.22. The van der Waals surface area contributed by atoms with E-state index in [0.717, 1.165) is 31.6 Å². The minimum absolute atomic E-state index is 0.336. The summed E-state index contributed by atoms with van der Waals surface area (Å²) >= 11 is 0. The minimum atomic E-state index is 0.336. The highest BCUT2D eigenvalue weighted by atomic mass is 16.1. The van der Waals surface area contributed by atoms with Gasteiger partial charge in [0.1, 0.15) is 0 Å². The predicted molar refractivity (Wildman–Crippen MR) is 53.4 cm³/mol. The highest BCUT2D eigenvalue weighted by Gasteiger charge is 2.15. The Morgan fingerprint density at radius 1 is 1.38 bits per heavy atom. The molecule has 2 aliphatic rings. The second-order valence-corrected chi connectivity index (χ2v) is 4.09. The first-order valence-corrected chi connectivity index (χ1v) is 5.23. The first kappa shape index (κ1) is 8.74. The molecule has 0 aromatic carbocycles. The first-order chi connectivity index (χ1) is 6.34. The molecular formula is C12H16O. The lowest BCUT2D eigenvalue weighted by Crippen LogP contribution is -2.05. The highest BCUT2D eigenvalue weighted by Crippen LogP contribution is 2.28. The van der Waals surface area contributed by atoms with Gasteiger partial charge < -0.3 is 0 Å². The van der Waals surface area contributed by atoms with Crippen molar-refractivity contribution in [2.24, 2.45) is 5.92 Å². The summed E-state index contributed by atoms with van der Waals surface area (Å²) in [5.74, 6) is 1.06.